The van der Waals surface area contributed by atoms with Crippen LogP contribution >= 0.6 is 0 Å². The van der Waals surface area contributed by atoms with Crippen LogP contribution in [0.2, 0.25) is 0 Å². The van der Waals surface area contributed by atoms with Gasteiger partial charge in [-0.05, 0) is 48.6 Å². The topological polar surface area (TPSA) is 35.5 Å². The average molecular weight is 331 g/mol. The second-order valence-electron chi connectivity index (χ2n) is 8.07. The van der Waals surface area contributed by atoms with E-state index in [9.17, 15) is 5.11 Å². The maximum absolute atomic E-state index is 9.69. The van der Waals surface area contributed by atoms with Gasteiger partial charge < -0.3 is 10.4 Å². The van der Waals surface area contributed by atoms with Crippen LogP contribution in [0.25, 0.3) is 0 Å². The van der Waals surface area contributed by atoms with Crippen molar-refractivity contribution >= 4 is 0 Å². The van der Waals surface area contributed by atoms with Crippen molar-refractivity contribution in [3.8, 4) is 0 Å². The van der Waals surface area contributed by atoms with Crippen molar-refractivity contribution in [1.29, 1.82) is 0 Å². The molecule has 1 saturated heterocycles. The molecule has 2 N–H and O–H groups in total. The summed E-state index contributed by atoms with van der Waals surface area (Å²) >= 11 is 0. The van der Waals surface area contributed by atoms with Gasteiger partial charge in [-0.3, -0.25) is 4.90 Å². The molecule has 3 heteroatoms. The van der Waals surface area contributed by atoms with Gasteiger partial charge in [-0.15, -0.1) is 0 Å². The van der Waals surface area contributed by atoms with E-state index in [-0.39, 0.29) is 6.10 Å². The van der Waals surface area contributed by atoms with Crippen molar-refractivity contribution in [3.05, 3.63) is 35.4 Å². The fourth-order valence-electron chi connectivity index (χ4n) is 4.51. The van der Waals surface area contributed by atoms with E-state index in [2.05, 4.69) is 48.3 Å². The predicted molar refractivity (Wildman–Crippen MR) is 99.8 cm³/mol. The third-order valence-corrected chi connectivity index (χ3v) is 6.14. The Morgan fingerprint density at radius 3 is 2.29 bits per heavy atom. The van der Waals surface area contributed by atoms with Gasteiger partial charge in [-0.1, -0.05) is 44.5 Å². The molecule has 24 heavy (non-hydrogen) atoms. The SMILES string of the molecule is CC1CCCC(C)C1NCc1ccccc1CN1CCC(O)CC1. The van der Waals surface area contributed by atoms with Crippen molar-refractivity contribution in [1.82, 2.24) is 10.2 Å². The molecule has 1 aromatic carbocycles. The first-order chi connectivity index (χ1) is 11.6. The zero-order valence-corrected chi connectivity index (χ0v) is 15.4. The van der Waals surface area contributed by atoms with Gasteiger partial charge in [0.2, 0.25) is 0 Å². The zero-order chi connectivity index (χ0) is 16.9. The molecule has 2 aliphatic rings. The van der Waals surface area contributed by atoms with Gasteiger partial charge in [-0.25, -0.2) is 0 Å². The van der Waals surface area contributed by atoms with Crippen LogP contribution in [-0.2, 0) is 13.1 Å². The van der Waals surface area contributed by atoms with Gasteiger partial charge in [0.1, 0.15) is 0 Å². The second kappa shape index (κ2) is 8.46. The molecule has 0 bridgehead atoms. The van der Waals surface area contributed by atoms with E-state index in [0.717, 1.165) is 50.9 Å². The number of benzene rings is 1. The van der Waals surface area contributed by atoms with Crippen molar-refractivity contribution in [2.45, 2.75) is 71.2 Å². The van der Waals surface area contributed by atoms with Crippen molar-refractivity contribution < 1.29 is 5.11 Å². The van der Waals surface area contributed by atoms with Crippen LogP contribution in [0.1, 0.15) is 57.1 Å². The van der Waals surface area contributed by atoms with E-state index in [1.807, 2.05) is 0 Å². The number of aliphatic hydroxyl groups is 1. The number of hydrogen-bond acceptors (Lipinski definition) is 3. The number of nitrogens with zero attached hydrogens (tertiary/aromatic N) is 1. The normalized spacial score (nSPS) is 29.7. The fraction of sp³-hybridized carbons (Fsp3) is 0.714. The van der Waals surface area contributed by atoms with Gasteiger partial charge in [0.15, 0.2) is 0 Å². The van der Waals surface area contributed by atoms with Crippen LogP contribution in [0.5, 0.6) is 0 Å². The van der Waals surface area contributed by atoms with E-state index < -0.39 is 0 Å². The number of nitrogens with one attached hydrogen (secondary N) is 1. The molecule has 0 aromatic heterocycles. The number of likely N-dealkylation sites (tertiary alicyclic amines) is 1. The standard InChI is InChI=1S/C21H34N2O/c1-16-6-5-7-17(2)21(16)22-14-18-8-3-4-9-19(18)15-23-12-10-20(24)11-13-23/h3-4,8-9,16-17,20-22,24H,5-7,10-15H2,1-2H3. The molecule has 3 nitrogen and oxygen atoms in total. The van der Waals surface area contributed by atoms with Gasteiger partial charge in [0, 0.05) is 32.2 Å². The summed E-state index contributed by atoms with van der Waals surface area (Å²) in [5.41, 5.74) is 2.88. The van der Waals surface area contributed by atoms with E-state index in [0.29, 0.717) is 6.04 Å². The van der Waals surface area contributed by atoms with Crippen LogP contribution in [0.3, 0.4) is 0 Å². The lowest BCUT2D eigenvalue weighted by atomic mass is 9.78. The summed E-state index contributed by atoms with van der Waals surface area (Å²) in [7, 11) is 0. The van der Waals surface area contributed by atoms with Crippen molar-refractivity contribution in [2.75, 3.05) is 13.1 Å². The summed E-state index contributed by atoms with van der Waals surface area (Å²) in [5, 5.41) is 13.6. The first kappa shape index (κ1) is 17.9. The molecular formula is C21H34N2O. The summed E-state index contributed by atoms with van der Waals surface area (Å²) in [4.78, 5) is 2.48. The number of hydrogen-bond donors (Lipinski definition) is 2. The lowest BCUT2D eigenvalue weighted by molar-refractivity contribution is 0.0791. The second-order valence-corrected chi connectivity index (χ2v) is 8.07. The van der Waals surface area contributed by atoms with Crippen LogP contribution in [-0.4, -0.2) is 35.2 Å². The highest BCUT2D eigenvalue weighted by Gasteiger charge is 2.27. The molecule has 2 atom stereocenters. The Morgan fingerprint density at radius 1 is 1.00 bits per heavy atom. The quantitative estimate of drug-likeness (QED) is 0.866. The molecular weight excluding hydrogens is 296 g/mol. The summed E-state index contributed by atoms with van der Waals surface area (Å²) in [6.07, 6.45) is 5.85. The Morgan fingerprint density at radius 2 is 1.62 bits per heavy atom. The van der Waals surface area contributed by atoms with Gasteiger partial charge in [0.25, 0.3) is 0 Å². The molecule has 1 aliphatic heterocycles. The number of rotatable bonds is 5. The smallest absolute Gasteiger partial charge is 0.0564 e. The van der Waals surface area contributed by atoms with Crippen LogP contribution in [0.4, 0.5) is 0 Å². The fourth-order valence-corrected chi connectivity index (χ4v) is 4.51. The Labute approximate surface area is 147 Å². The van der Waals surface area contributed by atoms with Crippen LogP contribution in [0.15, 0.2) is 24.3 Å². The molecule has 3 rings (SSSR count). The summed E-state index contributed by atoms with van der Waals surface area (Å²) in [6.45, 7) is 8.82. The third kappa shape index (κ3) is 4.59. The predicted octanol–water partition coefficient (Wildman–Crippen LogP) is 3.56. The highest BCUT2D eigenvalue weighted by molar-refractivity contribution is 5.27. The van der Waals surface area contributed by atoms with Gasteiger partial charge >= 0.3 is 0 Å². The minimum atomic E-state index is -0.0903. The molecule has 1 saturated carbocycles. The summed E-state index contributed by atoms with van der Waals surface area (Å²) in [6, 6.07) is 9.52. The Balaban J connectivity index is 1.59. The average Bonchev–Trinajstić information content (AvgIpc) is 2.58. The first-order valence-corrected chi connectivity index (χ1v) is 9.84. The van der Waals surface area contributed by atoms with Gasteiger partial charge in [-0.2, -0.15) is 0 Å². The van der Waals surface area contributed by atoms with E-state index in [4.69, 9.17) is 0 Å². The molecule has 1 aliphatic carbocycles. The summed E-state index contributed by atoms with van der Waals surface area (Å²) < 4.78 is 0. The molecule has 0 amide bonds. The number of aliphatic hydroxyl groups excluding tert-OH is 1. The minimum absolute atomic E-state index is 0.0903. The highest BCUT2D eigenvalue weighted by Crippen LogP contribution is 2.29. The minimum Gasteiger partial charge on any atom is -0.393 e. The van der Waals surface area contributed by atoms with Crippen molar-refractivity contribution in [2.24, 2.45) is 11.8 Å². The molecule has 0 radical (unpaired) electrons. The van der Waals surface area contributed by atoms with Gasteiger partial charge in [0.05, 0.1) is 6.10 Å². The molecule has 0 spiro atoms. The first-order valence-electron chi connectivity index (χ1n) is 9.84. The third-order valence-electron chi connectivity index (χ3n) is 6.14. The molecule has 134 valence electrons. The van der Waals surface area contributed by atoms with E-state index in [1.54, 1.807) is 0 Å². The highest BCUT2D eigenvalue weighted by atomic mass is 16.3. The molecule has 1 heterocycles. The molecule has 2 unspecified atom stereocenters. The largest absolute Gasteiger partial charge is 0.393 e. The number of piperidine rings is 1. The monoisotopic (exact) mass is 330 g/mol. The van der Waals surface area contributed by atoms with Crippen LogP contribution in [0, 0.1) is 11.8 Å². The van der Waals surface area contributed by atoms with Crippen molar-refractivity contribution in [3.63, 3.8) is 0 Å². The Bertz CT molecular complexity index is 500. The van der Waals surface area contributed by atoms with E-state index >= 15 is 0 Å². The van der Waals surface area contributed by atoms with Crippen LogP contribution < -0.4 is 5.32 Å². The lowest BCUT2D eigenvalue weighted by Gasteiger charge is -2.35. The summed E-state index contributed by atoms with van der Waals surface area (Å²) in [5.74, 6) is 1.56. The Hall–Kier alpha value is -0.900. The maximum Gasteiger partial charge on any atom is 0.0564 e. The zero-order valence-electron chi connectivity index (χ0n) is 15.4. The van der Waals surface area contributed by atoms with E-state index in [1.165, 1.54) is 30.4 Å². The molecule has 2 fully saturated rings. The maximum atomic E-state index is 9.69. The molecule has 1 aromatic rings. The Kier molecular flexibility index (Phi) is 6.31. The lowest BCUT2D eigenvalue weighted by Crippen LogP contribution is -2.42.